The molecule has 0 aliphatic rings. The number of carbonyl (C=O) groups is 2. The van der Waals surface area contributed by atoms with Crippen LogP contribution in [0.4, 0.5) is 5.82 Å². The summed E-state index contributed by atoms with van der Waals surface area (Å²) in [7, 11) is 2.96. The second-order valence-corrected chi connectivity index (χ2v) is 3.33. The van der Waals surface area contributed by atoms with Crippen molar-refractivity contribution in [3.63, 3.8) is 0 Å². The van der Waals surface area contributed by atoms with E-state index in [0.29, 0.717) is 12.4 Å². The third kappa shape index (κ3) is 3.71. The number of methoxy groups -OCH3 is 1. The van der Waals surface area contributed by atoms with Gasteiger partial charge in [0.05, 0.1) is 13.5 Å². The average Bonchev–Trinajstić information content (AvgIpc) is 2.35. The van der Waals surface area contributed by atoms with Crippen molar-refractivity contribution in [1.29, 1.82) is 0 Å². The largest absolute Gasteiger partial charge is 0.481 e. The number of ether oxygens (including phenoxy) is 1. The van der Waals surface area contributed by atoms with Crippen LogP contribution in [0.15, 0.2) is 12.1 Å². The summed E-state index contributed by atoms with van der Waals surface area (Å²) >= 11 is 0. The first-order valence-corrected chi connectivity index (χ1v) is 4.89. The highest BCUT2D eigenvalue weighted by Crippen LogP contribution is 2.08. The number of hydrogen-bond donors (Lipinski definition) is 1. The molecule has 0 aliphatic carbocycles. The second-order valence-electron chi connectivity index (χ2n) is 3.33. The molecule has 0 saturated heterocycles. The molecule has 1 heterocycles. The lowest BCUT2D eigenvalue weighted by atomic mass is 10.3. The lowest BCUT2D eigenvalue weighted by Gasteiger charge is -2.15. The van der Waals surface area contributed by atoms with Crippen LogP contribution in [0.5, 0.6) is 0 Å². The molecule has 0 amide bonds. The Morgan fingerprint density at radius 3 is 2.59 bits per heavy atom. The van der Waals surface area contributed by atoms with Crippen molar-refractivity contribution in [2.24, 2.45) is 0 Å². The van der Waals surface area contributed by atoms with Crippen molar-refractivity contribution < 1.29 is 19.4 Å². The van der Waals surface area contributed by atoms with Crippen LogP contribution in [0.25, 0.3) is 0 Å². The molecule has 0 bridgehead atoms. The summed E-state index contributed by atoms with van der Waals surface area (Å²) in [5.74, 6) is -0.938. The van der Waals surface area contributed by atoms with E-state index in [-0.39, 0.29) is 12.1 Å². The molecule has 0 unspecified atom stereocenters. The lowest BCUT2D eigenvalue weighted by molar-refractivity contribution is -0.136. The van der Waals surface area contributed by atoms with Crippen LogP contribution in [0.2, 0.25) is 0 Å². The van der Waals surface area contributed by atoms with Gasteiger partial charge in [-0.25, -0.2) is 4.79 Å². The summed E-state index contributed by atoms with van der Waals surface area (Å²) in [5, 5.41) is 16.0. The van der Waals surface area contributed by atoms with Crippen molar-refractivity contribution in [3.05, 3.63) is 17.8 Å². The maximum Gasteiger partial charge on any atom is 0.358 e. The van der Waals surface area contributed by atoms with E-state index < -0.39 is 11.9 Å². The topological polar surface area (TPSA) is 92.6 Å². The highest BCUT2D eigenvalue weighted by molar-refractivity contribution is 5.86. The van der Waals surface area contributed by atoms with E-state index >= 15 is 0 Å². The lowest BCUT2D eigenvalue weighted by Crippen LogP contribution is -2.22. The molecular formula is C10H13N3O4. The summed E-state index contributed by atoms with van der Waals surface area (Å²) in [5.41, 5.74) is 0.114. The molecule has 0 spiro atoms. The molecule has 0 atom stereocenters. The quantitative estimate of drug-likeness (QED) is 0.732. The van der Waals surface area contributed by atoms with Gasteiger partial charge in [0, 0.05) is 13.6 Å². The number of rotatable bonds is 5. The monoisotopic (exact) mass is 239 g/mol. The maximum absolute atomic E-state index is 11.1. The normalized spacial score (nSPS) is 9.76. The van der Waals surface area contributed by atoms with Crippen molar-refractivity contribution >= 4 is 17.8 Å². The number of carboxylic acid groups (broad SMARTS) is 1. The Labute approximate surface area is 98.0 Å². The molecule has 1 N–H and O–H groups in total. The molecular weight excluding hydrogens is 226 g/mol. The van der Waals surface area contributed by atoms with Gasteiger partial charge < -0.3 is 14.7 Å². The Hall–Kier alpha value is -2.18. The minimum Gasteiger partial charge on any atom is -0.481 e. The Balaban J connectivity index is 2.66. The first kappa shape index (κ1) is 12.9. The van der Waals surface area contributed by atoms with Crippen LogP contribution in [0.3, 0.4) is 0 Å². The maximum atomic E-state index is 11.1. The fraction of sp³-hybridized carbons (Fsp3) is 0.400. The molecule has 17 heavy (non-hydrogen) atoms. The van der Waals surface area contributed by atoms with E-state index in [4.69, 9.17) is 5.11 Å². The molecule has 0 aliphatic heterocycles. The Kier molecular flexibility index (Phi) is 4.38. The number of nitrogens with zero attached hydrogens (tertiary/aromatic N) is 3. The van der Waals surface area contributed by atoms with Crippen LogP contribution in [0, 0.1) is 0 Å². The highest BCUT2D eigenvalue weighted by Gasteiger charge is 2.10. The molecule has 7 heteroatoms. The summed E-state index contributed by atoms with van der Waals surface area (Å²) in [4.78, 5) is 23.1. The number of carbonyl (C=O) groups excluding carboxylic acids is 1. The van der Waals surface area contributed by atoms with Gasteiger partial charge in [0.15, 0.2) is 11.5 Å². The standard InChI is InChI=1S/C10H13N3O4/c1-13(6-5-9(14)15)8-4-3-7(11-12-8)10(16)17-2/h3-4H,5-6H2,1-2H3,(H,14,15). The molecule has 1 aromatic rings. The zero-order chi connectivity index (χ0) is 12.8. The van der Waals surface area contributed by atoms with Crippen LogP contribution < -0.4 is 4.90 Å². The molecule has 0 radical (unpaired) electrons. The van der Waals surface area contributed by atoms with Gasteiger partial charge in [0.1, 0.15) is 0 Å². The molecule has 92 valence electrons. The van der Waals surface area contributed by atoms with Crippen molar-refractivity contribution in [1.82, 2.24) is 10.2 Å². The van der Waals surface area contributed by atoms with E-state index in [2.05, 4.69) is 14.9 Å². The van der Waals surface area contributed by atoms with Gasteiger partial charge in [0.2, 0.25) is 0 Å². The molecule has 0 aromatic carbocycles. The number of carboxylic acids is 1. The van der Waals surface area contributed by atoms with Crippen LogP contribution in [0.1, 0.15) is 16.9 Å². The fourth-order valence-corrected chi connectivity index (χ4v) is 1.12. The minimum atomic E-state index is -0.879. The average molecular weight is 239 g/mol. The Morgan fingerprint density at radius 2 is 2.12 bits per heavy atom. The minimum absolute atomic E-state index is 0.0108. The van der Waals surface area contributed by atoms with E-state index in [0.717, 1.165) is 0 Å². The van der Waals surface area contributed by atoms with Gasteiger partial charge in [-0.1, -0.05) is 0 Å². The van der Waals surface area contributed by atoms with Crippen molar-refractivity contribution in [2.75, 3.05) is 25.6 Å². The smallest absolute Gasteiger partial charge is 0.358 e. The summed E-state index contributed by atoms with van der Waals surface area (Å²) < 4.78 is 4.48. The summed E-state index contributed by atoms with van der Waals surface area (Å²) in [6, 6.07) is 3.06. The Bertz CT molecular complexity index is 405. The van der Waals surface area contributed by atoms with Crippen molar-refractivity contribution in [3.8, 4) is 0 Å². The zero-order valence-electron chi connectivity index (χ0n) is 9.58. The van der Waals surface area contributed by atoms with E-state index in [1.165, 1.54) is 13.2 Å². The van der Waals surface area contributed by atoms with Gasteiger partial charge in [-0.05, 0) is 12.1 Å². The predicted molar refractivity (Wildman–Crippen MR) is 58.9 cm³/mol. The van der Waals surface area contributed by atoms with Crippen LogP contribution in [-0.2, 0) is 9.53 Å². The second kappa shape index (κ2) is 5.78. The molecule has 1 aromatic heterocycles. The molecule has 0 fully saturated rings. The van der Waals surface area contributed by atoms with E-state index in [1.54, 1.807) is 18.0 Å². The third-order valence-corrected chi connectivity index (χ3v) is 2.10. The van der Waals surface area contributed by atoms with Crippen LogP contribution >= 0.6 is 0 Å². The first-order chi connectivity index (χ1) is 8.04. The fourth-order valence-electron chi connectivity index (χ4n) is 1.12. The number of anilines is 1. The summed E-state index contributed by atoms with van der Waals surface area (Å²) in [6.07, 6.45) is 0.0108. The van der Waals surface area contributed by atoms with Gasteiger partial charge in [-0.3, -0.25) is 4.79 Å². The Morgan fingerprint density at radius 1 is 1.41 bits per heavy atom. The summed E-state index contributed by atoms with van der Waals surface area (Å²) in [6.45, 7) is 0.321. The third-order valence-electron chi connectivity index (χ3n) is 2.10. The number of esters is 1. The first-order valence-electron chi connectivity index (χ1n) is 4.89. The van der Waals surface area contributed by atoms with Gasteiger partial charge >= 0.3 is 11.9 Å². The van der Waals surface area contributed by atoms with Crippen LogP contribution in [-0.4, -0.2) is 47.9 Å². The molecule has 1 rings (SSSR count). The van der Waals surface area contributed by atoms with Gasteiger partial charge in [-0.15, -0.1) is 10.2 Å². The molecule has 7 nitrogen and oxygen atoms in total. The highest BCUT2D eigenvalue weighted by atomic mass is 16.5. The zero-order valence-corrected chi connectivity index (χ0v) is 9.58. The van der Waals surface area contributed by atoms with Gasteiger partial charge in [-0.2, -0.15) is 0 Å². The predicted octanol–water partition coefficient (Wildman–Crippen LogP) is 0.174. The van der Waals surface area contributed by atoms with E-state index in [1.807, 2.05) is 0 Å². The number of aliphatic carboxylic acids is 1. The molecule has 0 saturated carbocycles. The van der Waals surface area contributed by atoms with E-state index in [9.17, 15) is 9.59 Å². The van der Waals surface area contributed by atoms with Gasteiger partial charge in [0.25, 0.3) is 0 Å². The SMILES string of the molecule is COC(=O)c1ccc(N(C)CCC(=O)O)nn1. The van der Waals surface area contributed by atoms with Crippen molar-refractivity contribution in [2.45, 2.75) is 6.42 Å². The number of aromatic nitrogens is 2. The number of hydrogen-bond acceptors (Lipinski definition) is 6.